The van der Waals surface area contributed by atoms with E-state index >= 15 is 0 Å². The van der Waals surface area contributed by atoms with Crippen molar-refractivity contribution in [1.29, 1.82) is 0 Å². The van der Waals surface area contributed by atoms with Crippen molar-refractivity contribution in [2.75, 3.05) is 0 Å². The molecule has 0 bridgehead atoms. The van der Waals surface area contributed by atoms with Gasteiger partial charge in [0.05, 0.1) is 19.8 Å². The first-order valence-corrected chi connectivity index (χ1v) is 11.5. The smallest absolute Gasteiger partial charge is 0.0687 e. The van der Waals surface area contributed by atoms with Gasteiger partial charge in [-0.2, -0.15) is 18.2 Å². The van der Waals surface area contributed by atoms with Crippen molar-refractivity contribution in [3.05, 3.63) is 136 Å². The first kappa shape index (κ1) is 32.6. The van der Waals surface area contributed by atoms with Crippen molar-refractivity contribution in [1.82, 2.24) is 0 Å². The van der Waals surface area contributed by atoms with Crippen LogP contribution < -0.4 is 0 Å². The van der Waals surface area contributed by atoms with E-state index in [1.807, 2.05) is 91.0 Å². The minimum atomic E-state index is 0. The van der Waals surface area contributed by atoms with Gasteiger partial charge in [0.25, 0.3) is 0 Å². The summed E-state index contributed by atoms with van der Waals surface area (Å²) in [6, 6.07) is 29.0. The maximum Gasteiger partial charge on any atom is 0.0687 e. The molecule has 0 saturated heterocycles. The van der Waals surface area contributed by atoms with E-state index in [-0.39, 0.29) is 41.5 Å². The Labute approximate surface area is 226 Å². The van der Waals surface area contributed by atoms with Crippen LogP contribution in [-0.2, 0) is 41.5 Å². The molecular weight excluding hydrogens is 468 g/mol. The van der Waals surface area contributed by atoms with Gasteiger partial charge in [-0.3, -0.25) is 0 Å². The summed E-state index contributed by atoms with van der Waals surface area (Å²) in [7, 11) is 0. The number of aliphatic hydroxyl groups excluding tert-OH is 3. The normalized spacial score (nSPS) is 9.26. The second-order valence-corrected chi connectivity index (χ2v) is 8.01. The Morgan fingerprint density at radius 3 is 1.06 bits per heavy atom. The molecular formula is C31H39O3Ti-. The van der Waals surface area contributed by atoms with Crippen LogP contribution in [0, 0.1) is 34.6 Å². The summed E-state index contributed by atoms with van der Waals surface area (Å²) in [4.78, 5) is 0. The minimum Gasteiger partial charge on any atom is -0.392 e. The molecule has 0 fully saturated rings. The van der Waals surface area contributed by atoms with E-state index in [2.05, 4.69) is 34.6 Å². The van der Waals surface area contributed by atoms with Crippen LogP contribution in [-0.4, -0.2) is 15.3 Å². The molecule has 0 unspecified atom stereocenters. The van der Waals surface area contributed by atoms with Gasteiger partial charge in [-0.25, -0.2) is 12.1 Å². The van der Waals surface area contributed by atoms with Crippen molar-refractivity contribution in [2.24, 2.45) is 0 Å². The molecule has 0 aliphatic carbocycles. The molecule has 0 spiro atoms. The van der Waals surface area contributed by atoms with E-state index in [0.29, 0.717) is 0 Å². The Bertz CT molecular complexity index is 958. The van der Waals surface area contributed by atoms with E-state index in [1.165, 1.54) is 27.8 Å². The van der Waals surface area contributed by atoms with Crippen LogP contribution in [0.5, 0.6) is 0 Å². The SMILES string of the molecule is Cc1c(C)c(C)c(CO)c(C)c1C.OCc1ccccc1.OCc1ccccc1.[Ti].c1cc[cH-]c1. The predicted octanol–water partition coefficient (Wildman–Crippen LogP) is 6.48. The van der Waals surface area contributed by atoms with Crippen LogP contribution in [0.2, 0.25) is 0 Å². The maximum absolute atomic E-state index is 9.24. The molecule has 3 N–H and O–H groups in total. The zero-order chi connectivity index (χ0) is 25.3. The summed E-state index contributed by atoms with van der Waals surface area (Å²) >= 11 is 0. The Kier molecular flexibility index (Phi) is 17.6. The monoisotopic (exact) mass is 507 g/mol. The van der Waals surface area contributed by atoms with Gasteiger partial charge < -0.3 is 15.3 Å². The largest absolute Gasteiger partial charge is 0.392 e. The predicted molar refractivity (Wildman–Crippen MR) is 143 cm³/mol. The second-order valence-electron chi connectivity index (χ2n) is 8.01. The van der Waals surface area contributed by atoms with Crippen molar-refractivity contribution in [2.45, 2.75) is 54.4 Å². The van der Waals surface area contributed by atoms with E-state index in [0.717, 1.165) is 16.7 Å². The van der Waals surface area contributed by atoms with Gasteiger partial charge in [-0.1, -0.05) is 60.7 Å². The van der Waals surface area contributed by atoms with E-state index in [9.17, 15) is 5.11 Å². The summed E-state index contributed by atoms with van der Waals surface area (Å²) in [5.74, 6) is 0. The summed E-state index contributed by atoms with van der Waals surface area (Å²) in [5, 5.41) is 26.3. The van der Waals surface area contributed by atoms with Gasteiger partial charge in [0.2, 0.25) is 0 Å². The molecule has 0 aromatic heterocycles. The Balaban J connectivity index is 0.000000459. The summed E-state index contributed by atoms with van der Waals surface area (Å²) in [6.45, 7) is 11.0. The number of benzene rings is 3. The number of rotatable bonds is 3. The average Bonchev–Trinajstić information content (AvgIpc) is 3.49. The van der Waals surface area contributed by atoms with E-state index in [1.54, 1.807) is 0 Å². The minimum absolute atomic E-state index is 0. The molecule has 186 valence electrons. The molecule has 35 heavy (non-hydrogen) atoms. The van der Waals surface area contributed by atoms with Gasteiger partial charge in [-0.05, 0) is 79.1 Å². The number of aliphatic hydroxyl groups is 3. The van der Waals surface area contributed by atoms with Crippen molar-refractivity contribution in [3.8, 4) is 0 Å². The first-order valence-electron chi connectivity index (χ1n) is 11.5. The first-order chi connectivity index (χ1) is 16.4. The standard InChI is InChI=1S/C12H18O.2C7H8O.C5H5.Ti/c1-7-8(2)10(4)12(6-13)11(5)9(7)3;2*8-6-7-4-2-1-3-5-7;1-2-4-5-3-1;/h13H,6H2,1-5H3;2*1-5,8H,6H2;1-5H;/q;;;-1;. The van der Waals surface area contributed by atoms with Gasteiger partial charge in [0, 0.05) is 21.7 Å². The molecule has 4 aromatic carbocycles. The third kappa shape index (κ3) is 11.7. The Hall–Kier alpha value is -2.40. The quantitative estimate of drug-likeness (QED) is 0.220. The number of hydrogen-bond donors (Lipinski definition) is 3. The van der Waals surface area contributed by atoms with Gasteiger partial charge in [0.1, 0.15) is 0 Å². The molecule has 0 saturated carbocycles. The third-order valence-corrected chi connectivity index (χ3v) is 5.92. The Morgan fingerprint density at radius 2 is 0.829 bits per heavy atom. The molecule has 3 nitrogen and oxygen atoms in total. The van der Waals surface area contributed by atoms with Crippen LogP contribution in [0.1, 0.15) is 44.5 Å². The zero-order valence-corrected chi connectivity index (χ0v) is 23.2. The fourth-order valence-corrected chi connectivity index (χ4v) is 3.30. The van der Waals surface area contributed by atoms with Crippen LogP contribution in [0.25, 0.3) is 0 Å². The van der Waals surface area contributed by atoms with Crippen LogP contribution in [0.3, 0.4) is 0 Å². The summed E-state index contributed by atoms with van der Waals surface area (Å²) < 4.78 is 0. The molecule has 0 atom stereocenters. The van der Waals surface area contributed by atoms with Crippen LogP contribution >= 0.6 is 0 Å². The molecule has 0 heterocycles. The van der Waals surface area contributed by atoms with Gasteiger partial charge in [-0.15, -0.1) is 0 Å². The zero-order valence-electron chi connectivity index (χ0n) is 21.6. The van der Waals surface area contributed by atoms with Crippen molar-refractivity contribution < 1.29 is 37.0 Å². The van der Waals surface area contributed by atoms with Crippen LogP contribution in [0.4, 0.5) is 0 Å². The van der Waals surface area contributed by atoms with Crippen molar-refractivity contribution >= 4 is 0 Å². The topological polar surface area (TPSA) is 60.7 Å². The Morgan fingerprint density at radius 1 is 0.486 bits per heavy atom. The number of hydrogen-bond acceptors (Lipinski definition) is 3. The summed E-state index contributed by atoms with van der Waals surface area (Å²) in [5.41, 5.74) is 9.48. The second kappa shape index (κ2) is 18.9. The molecule has 4 rings (SSSR count). The van der Waals surface area contributed by atoms with Gasteiger partial charge >= 0.3 is 0 Å². The fourth-order valence-electron chi connectivity index (χ4n) is 3.30. The third-order valence-electron chi connectivity index (χ3n) is 5.92. The molecule has 4 heteroatoms. The molecule has 0 amide bonds. The van der Waals surface area contributed by atoms with E-state index in [4.69, 9.17) is 10.2 Å². The molecule has 0 radical (unpaired) electrons. The fraction of sp³-hybridized carbons (Fsp3) is 0.258. The maximum atomic E-state index is 9.24. The molecule has 0 aliphatic rings. The van der Waals surface area contributed by atoms with Gasteiger partial charge in [0.15, 0.2) is 0 Å². The molecule has 0 aliphatic heterocycles. The molecule has 4 aromatic rings. The van der Waals surface area contributed by atoms with E-state index < -0.39 is 0 Å². The summed E-state index contributed by atoms with van der Waals surface area (Å²) in [6.07, 6.45) is 0. The van der Waals surface area contributed by atoms with Crippen LogP contribution in [0.15, 0.2) is 91.0 Å². The van der Waals surface area contributed by atoms with Crippen molar-refractivity contribution in [3.63, 3.8) is 0 Å². The average molecular weight is 508 g/mol.